The van der Waals surface area contributed by atoms with E-state index in [4.69, 9.17) is 0 Å². The molecule has 0 bridgehead atoms. The predicted molar refractivity (Wildman–Crippen MR) is 95.0 cm³/mol. The number of carbonyl (C=O) groups excluding carboxylic acids is 1. The van der Waals surface area contributed by atoms with E-state index in [-0.39, 0.29) is 30.0 Å². The molecule has 6 heteroatoms. The number of nitrogens with one attached hydrogen (secondary N) is 1. The van der Waals surface area contributed by atoms with Gasteiger partial charge in [-0.2, -0.15) is 0 Å². The fourth-order valence-corrected chi connectivity index (χ4v) is 2.92. The molecule has 0 unspecified atom stereocenters. The van der Waals surface area contributed by atoms with Crippen LogP contribution >= 0.6 is 0 Å². The van der Waals surface area contributed by atoms with E-state index < -0.39 is 0 Å². The molecule has 2 amide bonds. The average Bonchev–Trinajstić information content (AvgIpc) is 2.52. The highest BCUT2D eigenvalue weighted by molar-refractivity contribution is 5.90. The van der Waals surface area contributed by atoms with Crippen molar-refractivity contribution in [2.24, 2.45) is 7.05 Å². The molecule has 1 N–H and O–H groups in total. The zero-order chi connectivity index (χ0) is 18.0. The number of nitrogens with zero attached hydrogens (tertiary/aromatic N) is 2. The largest absolute Gasteiger partial charge is 0.322 e. The average molecular weight is 343 g/mol. The van der Waals surface area contributed by atoms with E-state index in [1.54, 1.807) is 43.3 Å². The number of aryl methyl sites for hydroxylation is 2. The van der Waals surface area contributed by atoms with Crippen LogP contribution in [0.15, 0.2) is 41.3 Å². The number of aromatic nitrogens is 1. The van der Waals surface area contributed by atoms with Crippen molar-refractivity contribution in [3.63, 3.8) is 0 Å². The maximum absolute atomic E-state index is 14.0. The molecule has 0 aliphatic heterocycles. The van der Waals surface area contributed by atoms with E-state index in [1.807, 2.05) is 0 Å². The highest BCUT2D eigenvalue weighted by atomic mass is 19.1. The summed E-state index contributed by atoms with van der Waals surface area (Å²) in [5.41, 5.74) is 1.67. The highest BCUT2D eigenvalue weighted by Gasteiger charge is 2.29. The Kier molecular flexibility index (Phi) is 4.88. The van der Waals surface area contributed by atoms with Crippen molar-refractivity contribution < 1.29 is 9.18 Å². The van der Waals surface area contributed by atoms with Crippen LogP contribution in [0.1, 0.15) is 30.4 Å². The van der Waals surface area contributed by atoms with Crippen LogP contribution in [0.2, 0.25) is 0 Å². The first-order chi connectivity index (χ1) is 12.0. The summed E-state index contributed by atoms with van der Waals surface area (Å²) in [5, 5.41) is 2.87. The Bertz CT molecular complexity index is 843. The van der Waals surface area contributed by atoms with Gasteiger partial charge in [-0.3, -0.25) is 4.79 Å². The van der Waals surface area contributed by atoms with Crippen molar-refractivity contribution >= 4 is 11.7 Å². The summed E-state index contributed by atoms with van der Waals surface area (Å²) < 4.78 is 15.4. The van der Waals surface area contributed by atoms with E-state index in [2.05, 4.69) is 5.32 Å². The summed E-state index contributed by atoms with van der Waals surface area (Å²) in [5.74, 6) is -0.307. The van der Waals surface area contributed by atoms with Gasteiger partial charge in [-0.1, -0.05) is 18.2 Å². The summed E-state index contributed by atoms with van der Waals surface area (Å²) in [7, 11) is 1.64. The van der Waals surface area contributed by atoms with Crippen molar-refractivity contribution in [1.82, 2.24) is 9.47 Å². The number of anilines is 1. The molecule has 0 radical (unpaired) electrons. The number of rotatable bonds is 4. The van der Waals surface area contributed by atoms with E-state index in [9.17, 15) is 14.0 Å². The maximum Gasteiger partial charge on any atom is 0.322 e. The SMILES string of the molecule is Cc1cc(=O)n(C)cc1NC(=O)N(Cc1ccccc1F)C1CCC1. The third-order valence-electron chi connectivity index (χ3n) is 4.75. The van der Waals surface area contributed by atoms with E-state index in [0.717, 1.165) is 19.3 Å². The van der Waals surface area contributed by atoms with Crippen LogP contribution in [0, 0.1) is 12.7 Å². The fraction of sp³-hybridized carbons (Fsp3) is 0.368. The summed E-state index contributed by atoms with van der Waals surface area (Å²) >= 11 is 0. The monoisotopic (exact) mass is 343 g/mol. The number of carbonyl (C=O) groups is 1. The standard InChI is InChI=1S/C19H22FN3O2/c1-13-10-18(24)22(2)12-17(13)21-19(25)23(15-7-5-8-15)11-14-6-3-4-9-16(14)20/h3-4,6,9-10,12,15H,5,7-8,11H2,1-2H3,(H,21,25). The molecule has 1 aliphatic rings. The quantitative estimate of drug-likeness (QED) is 0.925. The van der Waals surface area contributed by atoms with Crippen LogP contribution in [-0.2, 0) is 13.6 Å². The molecule has 1 aromatic heterocycles. The van der Waals surface area contributed by atoms with Gasteiger partial charge in [0.1, 0.15) is 5.82 Å². The summed E-state index contributed by atoms with van der Waals surface area (Å²) in [6, 6.07) is 7.85. The highest BCUT2D eigenvalue weighted by Crippen LogP contribution is 2.27. The van der Waals surface area contributed by atoms with Gasteiger partial charge in [-0.25, -0.2) is 9.18 Å². The van der Waals surface area contributed by atoms with Crippen molar-refractivity contribution in [2.45, 2.75) is 38.8 Å². The van der Waals surface area contributed by atoms with Gasteiger partial charge < -0.3 is 14.8 Å². The van der Waals surface area contributed by atoms with Crippen molar-refractivity contribution in [3.8, 4) is 0 Å². The van der Waals surface area contributed by atoms with Gasteiger partial charge in [-0.15, -0.1) is 0 Å². The van der Waals surface area contributed by atoms with Gasteiger partial charge in [0.15, 0.2) is 0 Å². The zero-order valence-corrected chi connectivity index (χ0v) is 14.5. The minimum absolute atomic E-state index is 0.118. The maximum atomic E-state index is 14.0. The van der Waals surface area contributed by atoms with Gasteiger partial charge in [0.2, 0.25) is 0 Å². The summed E-state index contributed by atoms with van der Waals surface area (Å²) in [6.45, 7) is 2.01. The molecular formula is C19H22FN3O2. The van der Waals surface area contributed by atoms with Crippen LogP contribution in [0.4, 0.5) is 14.9 Å². The predicted octanol–water partition coefficient (Wildman–Crippen LogP) is 3.42. The van der Waals surface area contributed by atoms with Gasteiger partial charge in [0.25, 0.3) is 5.56 Å². The number of amides is 2. The first kappa shape index (κ1) is 17.2. The Morgan fingerprint density at radius 1 is 1.36 bits per heavy atom. The second-order valence-electron chi connectivity index (χ2n) is 6.55. The summed E-state index contributed by atoms with van der Waals surface area (Å²) in [6.07, 6.45) is 4.53. The zero-order valence-electron chi connectivity index (χ0n) is 14.5. The second kappa shape index (κ2) is 7.09. The molecule has 0 saturated heterocycles. The molecule has 132 valence electrons. The Morgan fingerprint density at radius 3 is 2.72 bits per heavy atom. The van der Waals surface area contributed by atoms with E-state index >= 15 is 0 Å². The lowest BCUT2D eigenvalue weighted by atomic mass is 9.91. The second-order valence-corrected chi connectivity index (χ2v) is 6.55. The smallest absolute Gasteiger partial charge is 0.317 e. The third kappa shape index (κ3) is 3.73. The van der Waals surface area contributed by atoms with Crippen LogP contribution in [0.5, 0.6) is 0 Å². The van der Waals surface area contributed by atoms with Crippen LogP contribution in [0.3, 0.4) is 0 Å². The molecule has 2 aromatic rings. The third-order valence-corrected chi connectivity index (χ3v) is 4.75. The number of halogens is 1. The van der Waals surface area contributed by atoms with Gasteiger partial charge in [0.05, 0.1) is 12.2 Å². The number of hydrogen-bond donors (Lipinski definition) is 1. The minimum atomic E-state index is -0.307. The molecule has 1 saturated carbocycles. The van der Waals surface area contributed by atoms with Gasteiger partial charge >= 0.3 is 6.03 Å². The lowest BCUT2D eigenvalue weighted by Gasteiger charge is -2.37. The number of urea groups is 1. The Morgan fingerprint density at radius 2 is 2.08 bits per heavy atom. The first-order valence-corrected chi connectivity index (χ1v) is 8.44. The number of hydrogen-bond acceptors (Lipinski definition) is 2. The molecule has 1 aromatic carbocycles. The van der Waals surface area contributed by atoms with E-state index in [0.29, 0.717) is 16.8 Å². The molecule has 1 aliphatic carbocycles. The van der Waals surface area contributed by atoms with Crippen LogP contribution in [-0.4, -0.2) is 21.5 Å². The summed E-state index contributed by atoms with van der Waals surface area (Å²) in [4.78, 5) is 26.2. The van der Waals surface area contributed by atoms with Gasteiger partial charge in [0, 0.05) is 30.9 Å². The first-order valence-electron chi connectivity index (χ1n) is 8.44. The Labute approximate surface area is 146 Å². The van der Waals surface area contributed by atoms with Crippen LogP contribution in [0.25, 0.3) is 0 Å². The van der Waals surface area contributed by atoms with Crippen molar-refractivity contribution in [2.75, 3.05) is 5.32 Å². The molecule has 1 heterocycles. The lowest BCUT2D eigenvalue weighted by Crippen LogP contribution is -2.46. The number of pyridine rings is 1. The van der Waals surface area contributed by atoms with Crippen molar-refractivity contribution in [3.05, 3.63) is 63.8 Å². The molecule has 25 heavy (non-hydrogen) atoms. The van der Waals surface area contributed by atoms with Crippen LogP contribution < -0.4 is 10.9 Å². The molecule has 0 spiro atoms. The Balaban J connectivity index is 1.82. The van der Waals surface area contributed by atoms with Crippen molar-refractivity contribution in [1.29, 1.82) is 0 Å². The molecular weight excluding hydrogens is 321 g/mol. The number of benzene rings is 1. The molecule has 0 atom stereocenters. The normalized spacial score (nSPS) is 14.0. The fourth-order valence-electron chi connectivity index (χ4n) is 2.92. The van der Waals surface area contributed by atoms with E-state index in [1.165, 1.54) is 16.7 Å². The molecule has 3 rings (SSSR count). The topological polar surface area (TPSA) is 54.3 Å². The lowest BCUT2D eigenvalue weighted by molar-refractivity contribution is 0.142. The van der Waals surface area contributed by atoms with Gasteiger partial charge in [-0.05, 0) is 37.8 Å². The Hall–Kier alpha value is -2.63. The molecule has 1 fully saturated rings. The molecule has 5 nitrogen and oxygen atoms in total. The minimum Gasteiger partial charge on any atom is -0.317 e.